The van der Waals surface area contributed by atoms with E-state index in [1.165, 1.54) is 18.2 Å². The number of esters is 1. The number of ether oxygens (including phenoxy) is 1. The van der Waals surface area contributed by atoms with Crippen molar-refractivity contribution in [1.29, 1.82) is 0 Å². The minimum atomic E-state index is -0.623. The van der Waals surface area contributed by atoms with Crippen LogP contribution in [0.25, 0.3) is 0 Å². The molecule has 0 aliphatic heterocycles. The number of hydrogen-bond donors (Lipinski definition) is 0. The maximum absolute atomic E-state index is 11.9. The van der Waals surface area contributed by atoms with Gasteiger partial charge in [0.2, 0.25) is 0 Å². The SMILES string of the molecule is O=C(OCC1CC=CCC1)c1ccccc1[N+](=O)[O-]. The van der Waals surface area contributed by atoms with E-state index >= 15 is 0 Å². The molecule has 0 heterocycles. The number of nitro groups is 1. The molecule has 5 heteroatoms. The van der Waals surface area contributed by atoms with Crippen LogP contribution in [0.5, 0.6) is 0 Å². The van der Waals surface area contributed by atoms with Crippen molar-refractivity contribution in [3.63, 3.8) is 0 Å². The van der Waals surface area contributed by atoms with Gasteiger partial charge in [-0.25, -0.2) is 4.79 Å². The molecule has 0 radical (unpaired) electrons. The van der Waals surface area contributed by atoms with E-state index in [0.29, 0.717) is 12.5 Å². The molecule has 19 heavy (non-hydrogen) atoms. The zero-order valence-electron chi connectivity index (χ0n) is 10.5. The molecule has 1 aliphatic carbocycles. The molecule has 1 aromatic carbocycles. The largest absolute Gasteiger partial charge is 0.462 e. The van der Waals surface area contributed by atoms with Crippen LogP contribution in [0.3, 0.4) is 0 Å². The zero-order valence-corrected chi connectivity index (χ0v) is 10.5. The molecule has 0 bridgehead atoms. The molecule has 0 fully saturated rings. The van der Waals surface area contributed by atoms with Crippen LogP contribution in [0.2, 0.25) is 0 Å². The van der Waals surface area contributed by atoms with Crippen molar-refractivity contribution in [2.24, 2.45) is 5.92 Å². The van der Waals surface area contributed by atoms with Gasteiger partial charge in [-0.2, -0.15) is 0 Å². The predicted octanol–water partition coefficient (Wildman–Crippen LogP) is 3.11. The second-order valence-electron chi connectivity index (χ2n) is 4.52. The number of allylic oxidation sites excluding steroid dienone is 2. The Morgan fingerprint density at radius 2 is 2.16 bits per heavy atom. The lowest BCUT2D eigenvalue weighted by Crippen LogP contribution is -2.16. The molecule has 1 aromatic rings. The van der Waals surface area contributed by atoms with Gasteiger partial charge in [-0.05, 0) is 31.2 Å². The third-order valence-corrected chi connectivity index (χ3v) is 3.15. The number of nitrogens with zero attached hydrogens (tertiary/aromatic N) is 1. The molecular weight excluding hydrogens is 246 g/mol. The van der Waals surface area contributed by atoms with Gasteiger partial charge in [0.25, 0.3) is 5.69 Å². The maximum Gasteiger partial charge on any atom is 0.345 e. The Morgan fingerprint density at radius 1 is 1.37 bits per heavy atom. The van der Waals surface area contributed by atoms with E-state index in [-0.39, 0.29) is 11.3 Å². The smallest absolute Gasteiger partial charge is 0.345 e. The van der Waals surface area contributed by atoms with Crippen LogP contribution < -0.4 is 0 Å². The summed E-state index contributed by atoms with van der Waals surface area (Å²) in [6, 6.07) is 5.84. The molecule has 0 N–H and O–H groups in total. The number of benzene rings is 1. The first kappa shape index (κ1) is 13.3. The van der Waals surface area contributed by atoms with Gasteiger partial charge in [-0.3, -0.25) is 10.1 Å². The average Bonchev–Trinajstić information content (AvgIpc) is 2.46. The van der Waals surface area contributed by atoms with Crippen LogP contribution >= 0.6 is 0 Å². The van der Waals surface area contributed by atoms with Crippen molar-refractivity contribution in [3.05, 3.63) is 52.1 Å². The van der Waals surface area contributed by atoms with E-state index in [9.17, 15) is 14.9 Å². The Kier molecular flexibility index (Phi) is 4.28. The lowest BCUT2D eigenvalue weighted by atomic mass is 9.95. The highest BCUT2D eigenvalue weighted by atomic mass is 16.6. The number of hydrogen-bond acceptors (Lipinski definition) is 4. The number of nitro benzene ring substituents is 1. The fourth-order valence-electron chi connectivity index (χ4n) is 2.08. The van der Waals surface area contributed by atoms with Crippen molar-refractivity contribution in [1.82, 2.24) is 0 Å². The quantitative estimate of drug-likeness (QED) is 0.361. The lowest BCUT2D eigenvalue weighted by Gasteiger charge is -2.17. The molecule has 0 spiro atoms. The first-order valence-electron chi connectivity index (χ1n) is 6.24. The summed E-state index contributed by atoms with van der Waals surface area (Å²) < 4.78 is 5.18. The molecule has 1 atom stereocenters. The second kappa shape index (κ2) is 6.13. The standard InChI is InChI=1S/C14H15NO4/c16-14(19-10-11-6-2-1-3-7-11)12-8-4-5-9-13(12)15(17)18/h1-2,4-5,8-9,11H,3,6-7,10H2. The fraction of sp³-hybridized carbons (Fsp3) is 0.357. The summed E-state index contributed by atoms with van der Waals surface area (Å²) in [6.07, 6.45) is 7.06. The highest BCUT2D eigenvalue weighted by Crippen LogP contribution is 2.21. The van der Waals surface area contributed by atoms with Gasteiger partial charge in [-0.15, -0.1) is 0 Å². The minimum Gasteiger partial charge on any atom is -0.462 e. The lowest BCUT2D eigenvalue weighted by molar-refractivity contribution is -0.385. The number of rotatable bonds is 4. The topological polar surface area (TPSA) is 69.4 Å². The highest BCUT2D eigenvalue weighted by Gasteiger charge is 2.21. The van der Waals surface area contributed by atoms with Gasteiger partial charge < -0.3 is 4.74 Å². The Hall–Kier alpha value is -2.17. The molecule has 100 valence electrons. The predicted molar refractivity (Wildman–Crippen MR) is 69.9 cm³/mol. The summed E-state index contributed by atoms with van der Waals surface area (Å²) in [4.78, 5) is 22.1. The van der Waals surface area contributed by atoms with E-state index < -0.39 is 10.9 Å². The van der Waals surface area contributed by atoms with Gasteiger partial charge in [0.1, 0.15) is 5.56 Å². The van der Waals surface area contributed by atoms with E-state index in [2.05, 4.69) is 12.2 Å². The molecule has 5 nitrogen and oxygen atoms in total. The van der Waals surface area contributed by atoms with Crippen molar-refractivity contribution in [2.75, 3.05) is 6.61 Å². The Morgan fingerprint density at radius 3 is 2.84 bits per heavy atom. The van der Waals surface area contributed by atoms with E-state index in [4.69, 9.17) is 4.74 Å². The van der Waals surface area contributed by atoms with Crippen LogP contribution in [0.4, 0.5) is 5.69 Å². The van der Waals surface area contributed by atoms with Crippen molar-refractivity contribution in [2.45, 2.75) is 19.3 Å². The Bertz CT molecular complexity index is 510. The minimum absolute atomic E-state index is 0.0128. The number of carbonyl (C=O) groups excluding carboxylic acids is 1. The van der Waals surface area contributed by atoms with Gasteiger partial charge in [0.15, 0.2) is 0 Å². The van der Waals surface area contributed by atoms with Crippen molar-refractivity contribution >= 4 is 11.7 Å². The third kappa shape index (κ3) is 3.40. The molecule has 1 aliphatic rings. The highest BCUT2D eigenvalue weighted by molar-refractivity contribution is 5.93. The molecule has 1 unspecified atom stereocenters. The summed E-state index contributed by atoms with van der Waals surface area (Å²) in [5.41, 5.74) is -0.199. The van der Waals surface area contributed by atoms with Crippen LogP contribution in [0.15, 0.2) is 36.4 Å². The summed E-state index contributed by atoms with van der Waals surface area (Å²) in [7, 11) is 0. The number of carbonyl (C=O) groups is 1. The van der Waals surface area contributed by atoms with Gasteiger partial charge in [-0.1, -0.05) is 24.3 Å². The van der Waals surface area contributed by atoms with Crippen LogP contribution in [0.1, 0.15) is 29.6 Å². The van der Waals surface area contributed by atoms with Crippen molar-refractivity contribution < 1.29 is 14.5 Å². The van der Waals surface area contributed by atoms with Gasteiger partial charge in [0.05, 0.1) is 11.5 Å². The van der Waals surface area contributed by atoms with E-state index in [0.717, 1.165) is 19.3 Å². The average molecular weight is 261 g/mol. The number of para-hydroxylation sites is 1. The van der Waals surface area contributed by atoms with Crippen LogP contribution in [-0.2, 0) is 4.74 Å². The van der Waals surface area contributed by atoms with Crippen LogP contribution in [-0.4, -0.2) is 17.5 Å². The third-order valence-electron chi connectivity index (χ3n) is 3.15. The summed E-state index contributed by atoms with van der Waals surface area (Å²) in [5, 5.41) is 10.8. The van der Waals surface area contributed by atoms with E-state index in [1.54, 1.807) is 6.07 Å². The fourth-order valence-corrected chi connectivity index (χ4v) is 2.08. The van der Waals surface area contributed by atoms with E-state index in [1.807, 2.05) is 0 Å². The maximum atomic E-state index is 11.9. The summed E-state index contributed by atoms with van der Waals surface area (Å²) in [6.45, 7) is 0.315. The molecule has 0 aromatic heterocycles. The van der Waals surface area contributed by atoms with Gasteiger partial charge >= 0.3 is 5.97 Å². The first-order valence-corrected chi connectivity index (χ1v) is 6.24. The molecule has 2 rings (SSSR count). The molecule has 0 saturated carbocycles. The molecule has 0 amide bonds. The summed E-state index contributed by atoms with van der Waals surface area (Å²) >= 11 is 0. The second-order valence-corrected chi connectivity index (χ2v) is 4.52. The summed E-state index contributed by atoms with van der Waals surface area (Å²) in [5.74, 6) is -0.307. The van der Waals surface area contributed by atoms with Gasteiger partial charge in [0, 0.05) is 6.07 Å². The first-order chi connectivity index (χ1) is 9.18. The molecular formula is C14H15NO4. The van der Waals surface area contributed by atoms with Crippen LogP contribution in [0, 0.1) is 16.0 Å². The Balaban J connectivity index is 2.00. The molecule has 0 saturated heterocycles. The Labute approximate surface area is 111 Å². The van der Waals surface area contributed by atoms with Crippen molar-refractivity contribution in [3.8, 4) is 0 Å². The monoisotopic (exact) mass is 261 g/mol. The normalized spacial score (nSPS) is 18.0. The zero-order chi connectivity index (χ0) is 13.7.